The maximum atomic E-state index is 14.0. The van der Waals surface area contributed by atoms with Gasteiger partial charge in [0.2, 0.25) is 11.8 Å². The number of rotatable bonds is 14. The summed E-state index contributed by atoms with van der Waals surface area (Å²) < 4.78 is 77.5. The van der Waals surface area contributed by atoms with E-state index in [-0.39, 0.29) is 62.0 Å². The van der Waals surface area contributed by atoms with E-state index in [2.05, 4.69) is 32.5 Å². The largest absolute Gasteiger partial charge is 0.469 e. The Morgan fingerprint density at radius 3 is 2.52 bits per heavy atom. The van der Waals surface area contributed by atoms with Gasteiger partial charge in [-0.15, -0.1) is 0 Å². The van der Waals surface area contributed by atoms with Gasteiger partial charge >= 0.3 is 0 Å². The molecule has 2 aliphatic carbocycles. The van der Waals surface area contributed by atoms with E-state index < -0.39 is 48.5 Å². The molecule has 15 heteroatoms. The van der Waals surface area contributed by atoms with Crippen molar-refractivity contribution in [2.24, 2.45) is 11.8 Å². The predicted octanol–water partition coefficient (Wildman–Crippen LogP) is 5.88. The van der Waals surface area contributed by atoms with Crippen LogP contribution < -0.4 is 15.4 Å². The van der Waals surface area contributed by atoms with Gasteiger partial charge in [-0.3, -0.25) is 9.59 Å². The van der Waals surface area contributed by atoms with Crippen molar-refractivity contribution >= 4 is 17.5 Å². The van der Waals surface area contributed by atoms with E-state index in [1.807, 2.05) is 0 Å². The summed E-state index contributed by atoms with van der Waals surface area (Å²) in [5.74, 6) is -4.86. The van der Waals surface area contributed by atoms with E-state index in [0.717, 1.165) is 24.7 Å². The number of allylic oxidation sites excluding steroid dienone is 1. The van der Waals surface area contributed by atoms with Gasteiger partial charge < -0.3 is 19.9 Å². The van der Waals surface area contributed by atoms with Crippen molar-refractivity contribution in [2.75, 3.05) is 6.61 Å². The molecule has 2 amide bonds. The number of hydrogen-bond acceptors (Lipinski definition) is 7. The molecule has 1 unspecified atom stereocenters. The second kappa shape index (κ2) is 13.3. The van der Waals surface area contributed by atoms with Crippen LogP contribution in [0.4, 0.5) is 22.0 Å². The summed E-state index contributed by atoms with van der Waals surface area (Å²) in [6.07, 6.45) is 3.29. The van der Waals surface area contributed by atoms with E-state index in [1.165, 1.54) is 4.52 Å². The molecule has 0 aliphatic heterocycles. The number of halogens is 5. The monoisotopic (exact) mass is 624 g/mol. The predicted molar refractivity (Wildman–Crippen MR) is 146 cm³/mol. The van der Waals surface area contributed by atoms with Gasteiger partial charge in [0.05, 0.1) is 36.0 Å². The number of nitrogens with zero attached hydrogens (tertiary/aromatic N) is 4. The van der Waals surface area contributed by atoms with E-state index in [1.54, 1.807) is 18.5 Å². The Hall–Kier alpha value is -4.04. The molecule has 2 N–H and O–H groups in total. The van der Waals surface area contributed by atoms with Gasteiger partial charge in [0.15, 0.2) is 12.3 Å². The van der Waals surface area contributed by atoms with Crippen LogP contribution in [0.2, 0.25) is 0 Å². The van der Waals surface area contributed by atoms with Gasteiger partial charge in [0.25, 0.3) is 18.2 Å². The number of nitrogens with one attached hydrogen (secondary N) is 2. The average molecular weight is 625 g/mol. The fourth-order valence-corrected chi connectivity index (χ4v) is 5.49. The first-order valence-corrected chi connectivity index (χ1v) is 14.5. The van der Waals surface area contributed by atoms with E-state index >= 15 is 0 Å². The van der Waals surface area contributed by atoms with Crippen LogP contribution in [-0.4, -0.2) is 50.5 Å². The molecule has 2 aliphatic rings. The summed E-state index contributed by atoms with van der Waals surface area (Å²) in [6, 6.07) is 0.628. The number of aromatic nitrogens is 4. The molecule has 2 atom stereocenters. The average Bonchev–Trinajstić information content (AvgIpc) is 3.54. The summed E-state index contributed by atoms with van der Waals surface area (Å²) in [5.41, 5.74) is 1.28. The van der Waals surface area contributed by atoms with Crippen LogP contribution in [0.15, 0.2) is 41.7 Å². The highest BCUT2D eigenvalue weighted by atomic mass is 19.3. The molecule has 2 fully saturated rings. The fourth-order valence-electron chi connectivity index (χ4n) is 5.49. The molecule has 238 valence electrons. The lowest BCUT2D eigenvalue weighted by Gasteiger charge is -2.33. The van der Waals surface area contributed by atoms with E-state index in [4.69, 9.17) is 9.26 Å². The first kappa shape index (κ1) is 31.4. The third-order valence-corrected chi connectivity index (χ3v) is 7.95. The molecular weight excluding hydrogens is 591 g/mol. The molecule has 44 heavy (non-hydrogen) atoms. The zero-order valence-corrected chi connectivity index (χ0v) is 23.8. The third-order valence-electron chi connectivity index (χ3n) is 7.95. The van der Waals surface area contributed by atoms with Crippen LogP contribution in [0.5, 0.6) is 5.88 Å². The standard InChI is InChI=1S/C29H33F5N6O4/c1-16(30)3-2-4-24(41)37-25(17-5-6-17)19-11-23-36-21(13-40(23)35-12-19)26(18-7-9-29(33,34)10-8-18)38-27(42)20-14-44-39-28(20)43-15-22(31)32/h11-14,17-18,22,25-26H,1-10,15H2,(H,37,41)(H,38,42)/t25?,26-/m0/s1. The molecule has 0 saturated heterocycles. The minimum absolute atomic E-state index is 0.106. The van der Waals surface area contributed by atoms with E-state index in [0.29, 0.717) is 17.8 Å². The Bertz CT molecular complexity index is 1480. The maximum absolute atomic E-state index is 14.0. The summed E-state index contributed by atoms with van der Waals surface area (Å²) in [6.45, 7) is 2.22. The summed E-state index contributed by atoms with van der Waals surface area (Å²) >= 11 is 0. The summed E-state index contributed by atoms with van der Waals surface area (Å²) in [7, 11) is 0. The van der Waals surface area contributed by atoms with Crippen molar-refractivity contribution < 1.29 is 40.8 Å². The molecule has 5 rings (SSSR count). The highest BCUT2D eigenvalue weighted by Gasteiger charge is 2.40. The van der Waals surface area contributed by atoms with Gasteiger partial charge in [-0.2, -0.15) is 5.10 Å². The smallest absolute Gasteiger partial charge is 0.272 e. The number of fused-ring (bicyclic) bond motifs is 1. The Labute approximate surface area is 249 Å². The summed E-state index contributed by atoms with van der Waals surface area (Å²) in [5, 5.41) is 13.7. The SMILES string of the molecule is C=C(F)CCCC(=O)NC(c1cnn2cc([C@@H](NC(=O)c3conc3OCC(F)F)C3CCC(F)(F)CC3)nc2c1)C1CC1. The zero-order valence-electron chi connectivity index (χ0n) is 23.8. The minimum atomic E-state index is -2.81. The Morgan fingerprint density at radius 2 is 1.84 bits per heavy atom. The molecule has 2 saturated carbocycles. The molecule has 3 aromatic rings. The van der Waals surface area contributed by atoms with Gasteiger partial charge in [-0.1, -0.05) is 6.58 Å². The van der Waals surface area contributed by atoms with Crippen LogP contribution in [0.1, 0.15) is 91.5 Å². The first-order valence-electron chi connectivity index (χ1n) is 14.5. The topological polar surface area (TPSA) is 124 Å². The number of amides is 2. The van der Waals surface area contributed by atoms with E-state index in [9.17, 15) is 31.5 Å². The minimum Gasteiger partial charge on any atom is -0.469 e. The van der Waals surface area contributed by atoms with Gasteiger partial charge in [-0.25, -0.2) is 31.5 Å². The number of carbonyl (C=O) groups is 2. The molecule has 10 nitrogen and oxygen atoms in total. The number of hydrogen-bond donors (Lipinski definition) is 2. The molecule has 0 aromatic carbocycles. The maximum Gasteiger partial charge on any atom is 0.272 e. The second-order valence-electron chi connectivity index (χ2n) is 11.4. The molecule has 0 radical (unpaired) electrons. The Morgan fingerprint density at radius 1 is 1.11 bits per heavy atom. The lowest BCUT2D eigenvalue weighted by atomic mass is 9.81. The van der Waals surface area contributed by atoms with Crippen LogP contribution >= 0.6 is 0 Å². The number of ether oxygens (including phenoxy) is 1. The fraction of sp³-hybridized carbons (Fsp3) is 0.552. The Balaban J connectivity index is 1.38. The quantitative estimate of drug-likeness (QED) is 0.215. The van der Waals surface area contributed by atoms with Crippen LogP contribution in [0.3, 0.4) is 0 Å². The Kier molecular flexibility index (Phi) is 9.49. The van der Waals surface area contributed by atoms with Gasteiger partial charge in [-0.05, 0) is 67.1 Å². The summed E-state index contributed by atoms with van der Waals surface area (Å²) in [4.78, 5) is 30.5. The first-order chi connectivity index (χ1) is 21.0. The van der Waals surface area contributed by atoms with Crippen LogP contribution in [0.25, 0.3) is 5.65 Å². The lowest BCUT2D eigenvalue weighted by molar-refractivity contribution is -0.122. The van der Waals surface area contributed by atoms with Crippen molar-refractivity contribution in [3.63, 3.8) is 0 Å². The molecule has 0 spiro atoms. The number of imidazole rings is 1. The van der Waals surface area contributed by atoms with Crippen LogP contribution in [0, 0.1) is 11.8 Å². The van der Waals surface area contributed by atoms with Gasteiger partial charge in [0, 0.05) is 19.3 Å². The highest BCUT2D eigenvalue weighted by molar-refractivity contribution is 5.96. The number of carbonyl (C=O) groups excluding carboxylic acids is 2. The molecule has 3 aromatic heterocycles. The molecule has 3 heterocycles. The van der Waals surface area contributed by atoms with Crippen LogP contribution in [-0.2, 0) is 4.79 Å². The highest BCUT2D eigenvalue weighted by Crippen LogP contribution is 2.43. The molecule has 0 bridgehead atoms. The van der Waals surface area contributed by atoms with Crippen molar-refractivity contribution in [3.8, 4) is 5.88 Å². The number of alkyl halides is 4. The third kappa shape index (κ3) is 7.91. The van der Waals surface area contributed by atoms with Crippen molar-refractivity contribution in [1.82, 2.24) is 30.4 Å². The normalized spacial score (nSPS) is 18.2. The van der Waals surface area contributed by atoms with Crippen molar-refractivity contribution in [2.45, 2.75) is 82.2 Å². The zero-order chi connectivity index (χ0) is 31.4. The van der Waals surface area contributed by atoms with Crippen molar-refractivity contribution in [3.05, 3.63) is 53.9 Å². The molecular formula is C29H33F5N6O4. The lowest BCUT2D eigenvalue weighted by Crippen LogP contribution is -2.37. The van der Waals surface area contributed by atoms with Gasteiger partial charge in [0.1, 0.15) is 11.8 Å². The second-order valence-corrected chi connectivity index (χ2v) is 11.4. The van der Waals surface area contributed by atoms with Crippen molar-refractivity contribution in [1.29, 1.82) is 0 Å².